The Balaban J connectivity index is 0.000000405. The summed E-state index contributed by atoms with van der Waals surface area (Å²) in [6.45, 7) is 0. The number of hydrogen-bond acceptors (Lipinski definition) is 3. The summed E-state index contributed by atoms with van der Waals surface area (Å²) in [5, 5.41) is 12.5. The van der Waals surface area contributed by atoms with Crippen molar-refractivity contribution in [1.82, 2.24) is 0 Å². The lowest BCUT2D eigenvalue weighted by Crippen LogP contribution is -2.21. The second-order valence-electron chi connectivity index (χ2n) is 8.99. The third kappa shape index (κ3) is 6.34. The topological polar surface area (TPSA) is 92.4 Å². The summed E-state index contributed by atoms with van der Waals surface area (Å²) in [7, 11) is 0. The summed E-state index contributed by atoms with van der Waals surface area (Å²) >= 11 is 0. The highest BCUT2D eigenvalue weighted by Crippen LogP contribution is 2.56. The third-order valence-corrected chi connectivity index (χ3v) is 6.33. The van der Waals surface area contributed by atoms with Crippen LogP contribution >= 0.6 is 0 Å². The van der Waals surface area contributed by atoms with Crippen molar-refractivity contribution in [1.29, 1.82) is 0 Å². The van der Waals surface area contributed by atoms with Gasteiger partial charge in [-0.1, -0.05) is 84.9 Å². The number of halogens is 3. The second-order valence-corrected chi connectivity index (χ2v) is 8.99. The first kappa shape index (κ1) is 25.9. The van der Waals surface area contributed by atoms with Crippen LogP contribution in [0.2, 0.25) is 0 Å². The summed E-state index contributed by atoms with van der Waals surface area (Å²) in [6, 6.07) is 32.7. The van der Waals surface area contributed by atoms with E-state index in [2.05, 4.69) is 53.8 Å². The molecule has 0 unspecified atom stereocenters. The van der Waals surface area contributed by atoms with Gasteiger partial charge >= 0.3 is 12.1 Å². The van der Waals surface area contributed by atoms with E-state index in [0.29, 0.717) is 12.3 Å². The number of alkyl halides is 3. The van der Waals surface area contributed by atoms with Crippen molar-refractivity contribution < 1.29 is 27.9 Å². The number of carboxylic acid groups (broad SMARTS) is 1. The summed E-state index contributed by atoms with van der Waals surface area (Å²) in [5.74, 6) is -2.45. The maximum Gasteiger partial charge on any atom is 0.490 e. The molecular formula is C29H25F3N2O3. The summed E-state index contributed by atoms with van der Waals surface area (Å²) in [4.78, 5) is 21.4. The molecule has 5 nitrogen and oxygen atoms in total. The van der Waals surface area contributed by atoms with Gasteiger partial charge in [-0.15, -0.1) is 0 Å². The molecule has 2 atom stereocenters. The van der Waals surface area contributed by atoms with E-state index >= 15 is 0 Å². The predicted octanol–water partition coefficient (Wildman–Crippen LogP) is 6.00. The number of hydrogen-bond donors (Lipinski definition) is 3. The molecule has 0 heterocycles. The first-order valence-electron chi connectivity index (χ1n) is 11.6. The van der Waals surface area contributed by atoms with E-state index in [9.17, 15) is 18.0 Å². The Bertz CT molecular complexity index is 1410. The van der Waals surface area contributed by atoms with Gasteiger partial charge in [0.25, 0.3) is 0 Å². The van der Waals surface area contributed by atoms with Crippen molar-refractivity contribution in [3.8, 4) is 0 Å². The van der Waals surface area contributed by atoms with Crippen LogP contribution in [-0.2, 0) is 21.5 Å². The molecule has 0 aliphatic heterocycles. The zero-order chi connectivity index (χ0) is 26.6. The van der Waals surface area contributed by atoms with Gasteiger partial charge in [-0.3, -0.25) is 4.79 Å². The largest absolute Gasteiger partial charge is 0.490 e. The van der Waals surface area contributed by atoms with Crippen LogP contribution in [0.4, 0.5) is 18.9 Å². The first-order valence-corrected chi connectivity index (χ1v) is 11.6. The molecule has 5 rings (SSSR count). The Labute approximate surface area is 211 Å². The van der Waals surface area contributed by atoms with Crippen LogP contribution < -0.4 is 11.1 Å². The van der Waals surface area contributed by atoms with Crippen molar-refractivity contribution in [2.24, 2.45) is 5.73 Å². The lowest BCUT2D eigenvalue weighted by molar-refractivity contribution is -0.192. The highest BCUT2D eigenvalue weighted by Gasteiger charge is 2.52. The maximum atomic E-state index is 12.5. The normalized spacial score (nSPS) is 18.4. The summed E-state index contributed by atoms with van der Waals surface area (Å²) in [5.41, 5.74) is 10.6. The molecule has 8 heteroatoms. The number of rotatable bonds is 5. The van der Waals surface area contributed by atoms with Gasteiger partial charge in [0, 0.05) is 17.1 Å². The minimum Gasteiger partial charge on any atom is -0.475 e. The molecule has 0 radical (unpaired) electrons. The van der Waals surface area contributed by atoms with Crippen molar-refractivity contribution in [3.63, 3.8) is 0 Å². The van der Waals surface area contributed by atoms with Crippen LogP contribution in [0, 0.1) is 0 Å². The average Bonchev–Trinajstić information content (AvgIpc) is 3.57. The summed E-state index contributed by atoms with van der Waals surface area (Å²) in [6.07, 6.45) is -3.78. The highest BCUT2D eigenvalue weighted by molar-refractivity contribution is 5.93. The number of fused-ring (bicyclic) bond motifs is 1. The quantitative estimate of drug-likeness (QED) is 0.310. The predicted molar refractivity (Wildman–Crippen MR) is 136 cm³/mol. The van der Waals surface area contributed by atoms with Gasteiger partial charge in [-0.2, -0.15) is 13.2 Å². The van der Waals surface area contributed by atoms with E-state index in [1.54, 1.807) is 0 Å². The third-order valence-electron chi connectivity index (χ3n) is 6.33. The monoisotopic (exact) mass is 506 g/mol. The number of benzene rings is 4. The molecule has 1 aliphatic carbocycles. The van der Waals surface area contributed by atoms with E-state index in [-0.39, 0.29) is 11.4 Å². The van der Waals surface area contributed by atoms with E-state index in [4.69, 9.17) is 15.6 Å². The molecule has 1 aliphatic rings. The Morgan fingerprint density at radius 1 is 0.892 bits per heavy atom. The fourth-order valence-corrected chi connectivity index (χ4v) is 4.30. The molecule has 4 aromatic carbocycles. The molecule has 190 valence electrons. The average molecular weight is 507 g/mol. The molecule has 0 saturated heterocycles. The van der Waals surface area contributed by atoms with E-state index in [1.807, 2.05) is 48.5 Å². The highest BCUT2D eigenvalue weighted by atomic mass is 19.4. The molecule has 4 N–H and O–H groups in total. The SMILES string of the molecule is N[C@@]1(c2ccccc2)C[C@H]1c1ccc(NC(=O)Cc2ccc3ccccc3c2)cc1.O=C(O)C(F)(F)F. The lowest BCUT2D eigenvalue weighted by atomic mass is 9.99. The van der Waals surface area contributed by atoms with Crippen LogP contribution in [0.25, 0.3) is 10.8 Å². The number of aliphatic carboxylic acids is 1. The zero-order valence-corrected chi connectivity index (χ0v) is 19.7. The number of anilines is 1. The van der Waals surface area contributed by atoms with Gasteiger partial charge in [-0.25, -0.2) is 4.79 Å². The molecule has 1 saturated carbocycles. The molecule has 0 aromatic heterocycles. The molecular weight excluding hydrogens is 481 g/mol. The van der Waals surface area contributed by atoms with Crippen molar-refractivity contribution in [3.05, 3.63) is 114 Å². The molecule has 0 bridgehead atoms. The van der Waals surface area contributed by atoms with Gasteiger partial charge in [0.1, 0.15) is 0 Å². The van der Waals surface area contributed by atoms with Gasteiger partial charge in [0.15, 0.2) is 0 Å². The molecule has 0 spiro atoms. The smallest absolute Gasteiger partial charge is 0.475 e. The number of amides is 1. The number of nitrogens with one attached hydrogen (secondary N) is 1. The van der Waals surface area contributed by atoms with Gasteiger partial charge in [-0.05, 0) is 46.0 Å². The Morgan fingerprint density at radius 2 is 1.49 bits per heavy atom. The van der Waals surface area contributed by atoms with Gasteiger partial charge in [0.05, 0.1) is 6.42 Å². The molecule has 37 heavy (non-hydrogen) atoms. The van der Waals surface area contributed by atoms with Crippen molar-refractivity contribution >= 4 is 28.3 Å². The van der Waals surface area contributed by atoms with Crippen LogP contribution in [0.15, 0.2) is 97.1 Å². The van der Waals surface area contributed by atoms with Crippen molar-refractivity contribution in [2.45, 2.75) is 30.5 Å². The number of carbonyl (C=O) groups excluding carboxylic acids is 1. The fourth-order valence-electron chi connectivity index (χ4n) is 4.30. The van der Waals surface area contributed by atoms with E-state index < -0.39 is 12.1 Å². The minimum atomic E-state index is -5.08. The first-order chi connectivity index (χ1) is 17.6. The summed E-state index contributed by atoms with van der Waals surface area (Å²) < 4.78 is 31.7. The zero-order valence-electron chi connectivity index (χ0n) is 19.7. The van der Waals surface area contributed by atoms with E-state index in [0.717, 1.165) is 23.1 Å². The number of carbonyl (C=O) groups is 2. The number of carboxylic acids is 1. The standard InChI is InChI=1S/C27H24N2O.C2HF3O2/c28-27(23-8-2-1-3-9-23)18-25(27)21-12-14-24(15-13-21)29-26(30)17-19-10-11-20-6-4-5-7-22(20)16-19;3-2(4,5)1(6)7/h1-16,25H,17-18,28H2,(H,29,30);(H,6,7)/t25-,27+;/m0./s1. The Kier molecular flexibility index (Phi) is 7.31. The van der Waals surface area contributed by atoms with Gasteiger partial charge in [0.2, 0.25) is 5.91 Å². The fraction of sp³-hybridized carbons (Fsp3) is 0.172. The Morgan fingerprint density at radius 3 is 2.11 bits per heavy atom. The Hall–Kier alpha value is -4.17. The second kappa shape index (κ2) is 10.4. The van der Waals surface area contributed by atoms with E-state index in [1.165, 1.54) is 16.5 Å². The number of nitrogens with two attached hydrogens (primary N) is 1. The molecule has 4 aromatic rings. The molecule has 1 amide bonds. The van der Waals surface area contributed by atoms with Crippen LogP contribution in [-0.4, -0.2) is 23.2 Å². The minimum absolute atomic E-state index is 0.0121. The molecule has 1 fully saturated rings. The maximum absolute atomic E-state index is 12.5. The van der Waals surface area contributed by atoms with Crippen molar-refractivity contribution in [2.75, 3.05) is 5.32 Å². The van der Waals surface area contributed by atoms with Crippen LogP contribution in [0.5, 0.6) is 0 Å². The lowest BCUT2D eigenvalue weighted by Gasteiger charge is -2.13. The van der Waals surface area contributed by atoms with Crippen LogP contribution in [0.1, 0.15) is 29.0 Å². The van der Waals surface area contributed by atoms with Gasteiger partial charge < -0.3 is 16.2 Å². The van der Waals surface area contributed by atoms with Crippen LogP contribution in [0.3, 0.4) is 0 Å².